The lowest BCUT2D eigenvalue weighted by molar-refractivity contribution is -0.120. The quantitative estimate of drug-likeness (QED) is 0.468. The van der Waals surface area contributed by atoms with Crippen LogP contribution in [0.5, 0.6) is 5.75 Å². The maximum Gasteiger partial charge on any atom is 0.251 e. The van der Waals surface area contributed by atoms with Gasteiger partial charge in [0, 0.05) is 31.0 Å². The molecule has 0 heterocycles. The van der Waals surface area contributed by atoms with Gasteiger partial charge in [-0.05, 0) is 19.1 Å². The Morgan fingerprint density at radius 1 is 1.24 bits per heavy atom. The van der Waals surface area contributed by atoms with Gasteiger partial charge in [0.25, 0.3) is 5.91 Å². The first-order chi connectivity index (χ1) is 10.1. The van der Waals surface area contributed by atoms with Crippen LogP contribution in [0.2, 0.25) is 0 Å². The Kier molecular flexibility index (Phi) is 7.03. The van der Waals surface area contributed by atoms with Crippen LogP contribution in [-0.4, -0.2) is 45.2 Å². The van der Waals surface area contributed by atoms with E-state index in [2.05, 4.69) is 10.6 Å². The fraction of sp³-hybridized carbons (Fsp3) is 0.429. The number of nitrogens with two attached hydrogens (primary N) is 1. The van der Waals surface area contributed by atoms with Crippen molar-refractivity contribution in [1.82, 2.24) is 10.6 Å². The number of amides is 2. The van der Waals surface area contributed by atoms with Crippen LogP contribution in [0.15, 0.2) is 18.2 Å². The molecule has 116 valence electrons. The molecular weight excluding hydrogens is 274 g/mol. The van der Waals surface area contributed by atoms with Gasteiger partial charge in [-0.2, -0.15) is 0 Å². The number of carbonyl (C=O) groups excluding carboxylic acids is 2. The van der Waals surface area contributed by atoms with Gasteiger partial charge in [0.15, 0.2) is 0 Å². The van der Waals surface area contributed by atoms with Crippen LogP contribution < -0.4 is 21.1 Å². The number of nitrogen functional groups attached to an aromatic ring is 1. The number of benzene rings is 1. The molecule has 0 unspecified atom stereocenters. The van der Waals surface area contributed by atoms with Crippen LogP contribution in [0.25, 0.3) is 0 Å². The molecule has 0 bridgehead atoms. The van der Waals surface area contributed by atoms with Crippen molar-refractivity contribution in [3.8, 4) is 5.75 Å². The summed E-state index contributed by atoms with van der Waals surface area (Å²) < 4.78 is 10.1. The predicted molar refractivity (Wildman–Crippen MR) is 79.2 cm³/mol. The van der Waals surface area contributed by atoms with Gasteiger partial charge in [-0.15, -0.1) is 0 Å². The molecule has 0 saturated carbocycles. The van der Waals surface area contributed by atoms with Crippen molar-refractivity contribution in [2.75, 3.05) is 39.1 Å². The van der Waals surface area contributed by atoms with E-state index in [-0.39, 0.29) is 18.4 Å². The van der Waals surface area contributed by atoms with Crippen LogP contribution in [0, 0.1) is 0 Å². The summed E-state index contributed by atoms with van der Waals surface area (Å²) in [6.07, 6.45) is 0. The zero-order valence-electron chi connectivity index (χ0n) is 12.3. The Morgan fingerprint density at radius 2 is 2.00 bits per heavy atom. The minimum atomic E-state index is -0.384. The van der Waals surface area contributed by atoms with Gasteiger partial charge >= 0.3 is 0 Å². The van der Waals surface area contributed by atoms with Gasteiger partial charge in [-0.1, -0.05) is 0 Å². The molecule has 1 aromatic rings. The summed E-state index contributed by atoms with van der Waals surface area (Å²) in [7, 11) is 1.55. The van der Waals surface area contributed by atoms with E-state index in [0.717, 1.165) is 0 Å². The van der Waals surface area contributed by atoms with Crippen molar-refractivity contribution in [2.45, 2.75) is 6.92 Å². The number of methoxy groups -OCH3 is 1. The van der Waals surface area contributed by atoms with E-state index in [1.165, 1.54) is 6.07 Å². The first-order valence-electron chi connectivity index (χ1n) is 6.64. The van der Waals surface area contributed by atoms with E-state index in [1.807, 2.05) is 6.92 Å². The van der Waals surface area contributed by atoms with E-state index < -0.39 is 0 Å². The van der Waals surface area contributed by atoms with Crippen LogP contribution in [0.4, 0.5) is 5.69 Å². The van der Waals surface area contributed by atoms with Crippen molar-refractivity contribution in [3.63, 3.8) is 0 Å². The first kappa shape index (κ1) is 16.8. The minimum absolute atomic E-state index is 0.110. The molecule has 0 atom stereocenters. The lowest BCUT2D eigenvalue weighted by atomic mass is 10.1. The van der Waals surface area contributed by atoms with Crippen LogP contribution in [0.1, 0.15) is 17.3 Å². The molecule has 0 aromatic heterocycles. The molecule has 0 aliphatic carbocycles. The molecule has 0 fully saturated rings. The van der Waals surface area contributed by atoms with Crippen LogP contribution in [0.3, 0.4) is 0 Å². The lowest BCUT2D eigenvalue weighted by Gasteiger charge is -2.09. The molecule has 4 N–H and O–H groups in total. The number of carbonyl (C=O) groups is 2. The Balaban J connectivity index is 2.53. The Morgan fingerprint density at radius 3 is 2.67 bits per heavy atom. The summed E-state index contributed by atoms with van der Waals surface area (Å²) >= 11 is 0. The molecule has 7 nitrogen and oxygen atoms in total. The standard InChI is InChI=1S/C14H21N3O4/c1-3-21-12-7-10(6-11(15)8-12)14(19)17-9-13(18)16-4-5-20-2/h6-8H,3-5,9,15H2,1-2H3,(H,16,18)(H,17,19). The molecule has 1 rings (SSSR count). The van der Waals surface area contributed by atoms with Gasteiger partial charge in [0.05, 0.1) is 19.8 Å². The van der Waals surface area contributed by atoms with Crippen LogP contribution >= 0.6 is 0 Å². The molecular formula is C14H21N3O4. The lowest BCUT2D eigenvalue weighted by Crippen LogP contribution is -2.38. The predicted octanol–water partition coefficient (Wildman–Crippen LogP) is 0.160. The van der Waals surface area contributed by atoms with Gasteiger partial charge < -0.3 is 25.8 Å². The average molecular weight is 295 g/mol. The normalized spacial score (nSPS) is 10.0. The topological polar surface area (TPSA) is 103 Å². The third kappa shape index (κ3) is 6.13. The second-order valence-electron chi connectivity index (χ2n) is 4.25. The second-order valence-corrected chi connectivity index (χ2v) is 4.25. The highest BCUT2D eigenvalue weighted by Gasteiger charge is 2.10. The highest BCUT2D eigenvalue weighted by Crippen LogP contribution is 2.18. The molecule has 0 saturated heterocycles. The van der Waals surface area contributed by atoms with E-state index in [0.29, 0.717) is 36.8 Å². The monoisotopic (exact) mass is 295 g/mol. The molecule has 0 radical (unpaired) electrons. The van der Waals surface area contributed by atoms with E-state index >= 15 is 0 Å². The number of rotatable bonds is 8. The molecule has 0 spiro atoms. The van der Waals surface area contributed by atoms with Crippen molar-refractivity contribution in [2.24, 2.45) is 0 Å². The highest BCUT2D eigenvalue weighted by atomic mass is 16.5. The van der Waals surface area contributed by atoms with E-state index in [9.17, 15) is 9.59 Å². The number of ether oxygens (including phenoxy) is 2. The minimum Gasteiger partial charge on any atom is -0.494 e. The second kappa shape index (κ2) is 8.80. The van der Waals surface area contributed by atoms with Crippen molar-refractivity contribution < 1.29 is 19.1 Å². The average Bonchev–Trinajstić information content (AvgIpc) is 2.44. The number of hydrogen-bond acceptors (Lipinski definition) is 5. The van der Waals surface area contributed by atoms with Gasteiger partial charge in [-0.25, -0.2) is 0 Å². The summed E-state index contributed by atoms with van der Waals surface area (Å²) in [5.74, 6) is -0.147. The molecule has 0 aliphatic rings. The zero-order chi connectivity index (χ0) is 15.7. The Hall–Kier alpha value is -2.28. The summed E-state index contributed by atoms with van der Waals surface area (Å²) in [6, 6.07) is 4.75. The fourth-order valence-corrected chi connectivity index (χ4v) is 1.62. The molecule has 0 aliphatic heterocycles. The van der Waals surface area contributed by atoms with Crippen molar-refractivity contribution in [3.05, 3.63) is 23.8 Å². The van der Waals surface area contributed by atoms with Gasteiger partial charge in [0.2, 0.25) is 5.91 Å². The van der Waals surface area contributed by atoms with Gasteiger partial charge in [-0.3, -0.25) is 9.59 Å². The Bertz CT molecular complexity index is 491. The highest BCUT2D eigenvalue weighted by molar-refractivity contribution is 5.97. The van der Waals surface area contributed by atoms with Crippen molar-refractivity contribution in [1.29, 1.82) is 0 Å². The summed E-state index contributed by atoms with van der Waals surface area (Å²) in [5.41, 5.74) is 6.49. The Labute approximate surface area is 123 Å². The zero-order valence-corrected chi connectivity index (χ0v) is 12.3. The van der Waals surface area contributed by atoms with E-state index in [4.69, 9.17) is 15.2 Å². The van der Waals surface area contributed by atoms with Gasteiger partial charge in [0.1, 0.15) is 5.75 Å². The number of anilines is 1. The molecule has 7 heteroatoms. The molecule has 1 aromatic carbocycles. The summed E-state index contributed by atoms with van der Waals surface area (Å²) in [4.78, 5) is 23.4. The summed E-state index contributed by atoms with van der Waals surface area (Å²) in [6.45, 7) is 3.03. The maximum atomic E-state index is 12.0. The number of nitrogens with one attached hydrogen (secondary N) is 2. The molecule has 21 heavy (non-hydrogen) atoms. The SMILES string of the molecule is CCOc1cc(N)cc(C(=O)NCC(=O)NCCOC)c1. The maximum absolute atomic E-state index is 12.0. The van der Waals surface area contributed by atoms with E-state index in [1.54, 1.807) is 19.2 Å². The van der Waals surface area contributed by atoms with Crippen LogP contribution in [-0.2, 0) is 9.53 Å². The third-order valence-electron chi connectivity index (χ3n) is 2.54. The largest absolute Gasteiger partial charge is 0.494 e. The summed E-state index contributed by atoms with van der Waals surface area (Å²) in [5, 5.41) is 5.12. The third-order valence-corrected chi connectivity index (χ3v) is 2.54. The first-order valence-corrected chi connectivity index (χ1v) is 6.64. The van der Waals surface area contributed by atoms with Crippen molar-refractivity contribution >= 4 is 17.5 Å². The smallest absolute Gasteiger partial charge is 0.251 e. The fourth-order valence-electron chi connectivity index (χ4n) is 1.62. The molecule has 2 amide bonds. The number of hydrogen-bond donors (Lipinski definition) is 3.